The van der Waals surface area contributed by atoms with Crippen LogP contribution >= 0.6 is 11.6 Å². The van der Waals surface area contributed by atoms with Crippen LogP contribution in [0.3, 0.4) is 0 Å². The first-order valence-electron chi connectivity index (χ1n) is 7.00. The molecule has 2 nitrogen and oxygen atoms in total. The smallest absolute Gasteiger partial charge is 0.127 e. The fraction of sp³-hybridized carbons (Fsp3) is 0.294. The minimum Gasteiger partial charge on any atom is -0.496 e. The molecule has 2 aromatic carbocycles. The molecule has 1 heterocycles. The maximum atomic E-state index is 6.48. The van der Waals surface area contributed by atoms with E-state index in [9.17, 15) is 0 Å². The molecule has 0 fully saturated rings. The molecule has 0 amide bonds. The van der Waals surface area contributed by atoms with Gasteiger partial charge in [-0.25, -0.2) is 0 Å². The molecule has 4 rings (SSSR count). The van der Waals surface area contributed by atoms with E-state index in [1.807, 2.05) is 12.1 Å². The van der Waals surface area contributed by atoms with E-state index in [0.29, 0.717) is 6.04 Å². The number of methoxy groups -OCH3 is 1. The Morgan fingerprint density at radius 3 is 2.90 bits per heavy atom. The van der Waals surface area contributed by atoms with Crippen LogP contribution in [0.1, 0.15) is 22.7 Å². The first-order chi connectivity index (χ1) is 9.79. The van der Waals surface area contributed by atoms with Crippen molar-refractivity contribution in [2.75, 3.05) is 13.7 Å². The highest BCUT2D eigenvalue weighted by Crippen LogP contribution is 2.48. The van der Waals surface area contributed by atoms with Gasteiger partial charge in [-0.05, 0) is 48.2 Å². The number of fused-ring (bicyclic) bond motifs is 2. The summed E-state index contributed by atoms with van der Waals surface area (Å²) in [7, 11) is 1.73. The minimum absolute atomic E-state index is 0.384. The SMILES string of the molecule is COc1ccc2c3c1-c1c(Cl)cccc1CC3NCC2. The lowest BCUT2D eigenvalue weighted by atomic mass is 9.77. The van der Waals surface area contributed by atoms with Gasteiger partial charge in [0, 0.05) is 22.2 Å². The highest BCUT2D eigenvalue weighted by atomic mass is 35.5. The van der Waals surface area contributed by atoms with Gasteiger partial charge in [0.25, 0.3) is 0 Å². The van der Waals surface area contributed by atoms with E-state index < -0.39 is 0 Å². The van der Waals surface area contributed by atoms with Crippen molar-refractivity contribution in [1.29, 1.82) is 0 Å². The largest absolute Gasteiger partial charge is 0.496 e. The second-order valence-corrected chi connectivity index (χ2v) is 5.86. The van der Waals surface area contributed by atoms with Gasteiger partial charge >= 0.3 is 0 Å². The number of nitrogens with one attached hydrogen (secondary N) is 1. The van der Waals surface area contributed by atoms with E-state index in [1.54, 1.807) is 7.11 Å². The maximum absolute atomic E-state index is 6.48. The lowest BCUT2D eigenvalue weighted by Gasteiger charge is -2.35. The predicted octanol–water partition coefficient (Wildman–Crippen LogP) is 3.76. The van der Waals surface area contributed by atoms with Gasteiger partial charge in [0.2, 0.25) is 0 Å². The number of halogens is 1. The van der Waals surface area contributed by atoms with Crippen LogP contribution in [0.5, 0.6) is 5.75 Å². The zero-order chi connectivity index (χ0) is 13.7. The van der Waals surface area contributed by atoms with E-state index in [0.717, 1.165) is 35.7 Å². The monoisotopic (exact) mass is 285 g/mol. The standard InChI is InChI=1S/C17H16ClNO/c1-20-14-6-5-10-7-8-19-13-9-11-3-2-4-12(18)15(11)17(14)16(10)13/h2-6,13,19H,7-9H2,1H3. The van der Waals surface area contributed by atoms with Crippen LogP contribution in [-0.2, 0) is 12.8 Å². The van der Waals surface area contributed by atoms with Gasteiger partial charge < -0.3 is 10.1 Å². The summed E-state index contributed by atoms with van der Waals surface area (Å²) >= 11 is 6.48. The third-order valence-electron chi connectivity index (χ3n) is 4.42. The zero-order valence-corrected chi connectivity index (χ0v) is 12.1. The van der Waals surface area contributed by atoms with E-state index in [1.165, 1.54) is 22.3 Å². The average molecular weight is 286 g/mol. The first-order valence-corrected chi connectivity index (χ1v) is 7.38. The van der Waals surface area contributed by atoms with E-state index in [4.69, 9.17) is 16.3 Å². The summed E-state index contributed by atoms with van der Waals surface area (Å²) in [6, 6.07) is 10.8. The van der Waals surface area contributed by atoms with E-state index in [-0.39, 0.29) is 0 Å². The lowest BCUT2D eigenvalue weighted by molar-refractivity contribution is 0.412. The van der Waals surface area contributed by atoms with Crippen LogP contribution in [0.15, 0.2) is 30.3 Å². The Morgan fingerprint density at radius 1 is 1.15 bits per heavy atom. The predicted molar refractivity (Wildman–Crippen MR) is 81.6 cm³/mol. The van der Waals surface area contributed by atoms with Gasteiger partial charge in [-0.15, -0.1) is 0 Å². The van der Waals surface area contributed by atoms with Crippen molar-refractivity contribution in [3.63, 3.8) is 0 Å². The van der Waals surface area contributed by atoms with Gasteiger partial charge in [0.05, 0.1) is 7.11 Å². The molecular weight excluding hydrogens is 270 g/mol. The van der Waals surface area contributed by atoms with Crippen molar-refractivity contribution < 1.29 is 4.74 Å². The van der Waals surface area contributed by atoms with Crippen molar-refractivity contribution in [1.82, 2.24) is 5.32 Å². The summed E-state index contributed by atoms with van der Waals surface area (Å²) in [4.78, 5) is 0. The highest BCUT2D eigenvalue weighted by molar-refractivity contribution is 6.33. The molecule has 0 saturated carbocycles. The molecule has 2 aromatic rings. The highest BCUT2D eigenvalue weighted by Gasteiger charge is 2.32. The topological polar surface area (TPSA) is 21.3 Å². The van der Waals surface area contributed by atoms with Gasteiger partial charge in [0.15, 0.2) is 0 Å². The molecule has 1 unspecified atom stereocenters. The van der Waals surface area contributed by atoms with Crippen LogP contribution < -0.4 is 10.1 Å². The average Bonchev–Trinajstić information content (AvgIpc) is 2.48. The molecule has 102 valence electrons. The van der Waals surface area contributed by atoms with Crippen LogP contribution in [0.4, 0.5) is 0 Å². The maximum Gasteiger partial charge on any atom is 0.127 e. The van der Waals surface area contributed by atoms with Crippen molar-refractivity contribution >= 4 is 11.6 Å². The van der Waals surface area contributed by atoms with Crippen LogP contribution in [-0.4, -0.2) is 13.7 Å². The molecule has 0 radical (unpaired) electrons. The van der Waals surface area contributed by atoms with E-state index >= 15 is 0 Å². The molecule has 1 atom stereocenters. The third-order valence-corrected chi connectivity index (χ3v) is 4.74. The van der Waals surface area contributed by atoms with Crippen molar-refractivity contribution in [2.24, 2.45) is 0 Å². The molecule has 0 spiro atoms. The fourth-order valence-corrected chi connectivity index (χ4v) is 3.87. The fourth-order valence-electron chi connectivity index (χ4n) is 3.58. The summed E-state index contributed by atoms with van der Waals surface area (Å²) in [6.07, 6.45) is 2.08. The number of benzene rings is 2. The van der Waals surface area contributed by atoms with Gasteiger partial charge in [0.1, 0.15) is 5.75 Å². The molecule has 1 aliphatic heterocycles. The normalized spacial score (nSPS) is 19.2. The zero-order valence-electron chi connectivity index (χ0n) is 11.4. The summed E-state index contributed by atoms with van der Waals surface area (Å²) in [5.41, 5.74) is 6.46. The minimum atomic E-state index is 0.384. The summed E-state index contributed by atoms with van der Waals surface area (Å²) < 4.78 is 5.61. The Hall–Kier alpha value is -1.51. The Bertz CT molecular complexity index is 696. The Balaban J connectivity index is 2.09. The van der Waals surface area contributed by atoms with E-state index in [2.05, 4.69) is 23.5 Å². The Kier molecular flexibility index (Phi) is 2.76. The van der Waals surface area contributed by atoms with Crippen molar-refractivity contribution in [2.45, 2.75) is 18.9 Å². The van der Waals surface area contributed by atoms with Crippen LogP contribution in [0.25, 0.3) is 11.1 Å². The molecule has 1 aliphatic carbocycles. The third kappa shape index (κ3) is 1.62. The number of hydrogen-bond donors (Lipinski definition) is 1. The lowest BCUT2D eigenvalue weighted by Crippen LogP contribution is -2.33. The summed E-state index contributed by atoms with van der Waals surface area (Å²) in [6.45, 7) is 1.04. The number of hydrogen-bond acceptors (Lipinski definition) is 2. The summed E-state index contributed by atoms with van der Waals surface area (Å²) in [5, 5.41) is 4.45. The molecule has 3 heteroatoms. The van der Waals surface area contributed by atoms with Crippen molar-refractivity contribution in [3.05, 3.63) is 52.0 Å². The summed E-state index contributed by atoms with van der Waals surface area (Å²) in [5.74, 6) is 0.923. The number of rotatable bonds is 1. The second kappa shape index (κ2) is 4.51. The number of ether oxygens (including phenoxy) is 1. The molecule has 0 aromatic heterocycles. The quantitative estimate of drug-likeness (QED) is 0.861. The first kappa shape index (κ1) is 12.2. The molecule has 1 N–H and O–H groups in total. The molecule has 0 saturated heterocycles. The van der Waals surface area contributed by atoms with Crippen molar-refractivity contribution in [3.8, 4) is 16.9 Å². The van der Waals surface area contributed by atoms with Crippen LogP contribution in [0, 0.1) is 0 Å². The Morgan fingerprint density at radius 2 is 2.05 bits per heavy atom. The Labute approximate surface area is 123 Å². The van der Waals surface area contributed by atoms with Gasteiger partial charge in [-0.2, -0.15) is 0 Å². The molecule has 20 heavy (non-hydrogen) atoms. The molecule has 0 bridgehead atoms. The van der Waals surface area contributed by atoms with Crippen LogP contribution in [0.2, 0.25) is 5.02 Å². The van der Waals surface area contributed by atoms with Gasteiger partial charge in [-0.3, -0.25) is 0 Å². The molecular formula is C17H16ClNO. The second-order valence-electron chi connectivity index (χ2n) is 5.45. The molecule has 2 aliphatic rings. The van der Waals surface area contributed by atoms with Gasteiger partial charge in [-0.1, -0.05) is 29.8 Å².